The second-order valence-corrected chi connectivity index (χ2v) is 5.47. The van der Waals surface area contributed by atoms with Crippen LogP contribution in [0.25, 0.3) is 0 Å². The van der Waals surface area contributed by atoms with E-state index >= 15 is 0 Å². The number of benzene rings is 1. The number of nitrogens with two attached hydrogens (primary N) is 1. The molecule has 108 valence electrons. The van der Waals surface area contributed by atoms with Gasteiger partial charge in [0.15, 0.2) is 0 Å². The molecule has 0 bridgehead atoms. The zero-order valence-corrected chi connectivity index (χ0v) is 12.1. The molecule has 20 heavy (non-hydrogen) atoms. The molecule has 1 aromatic rings. The van der Waals surface area contributed by atoms with E-state index in [1.165, 1.54) is 0 Å². The largest absolute Gasteiger partial charge is 0.369 e. The van der Waals surface area contributed by atoms with E-state index in [9.17, 15) is 9.59 Å². The highest BCUT2D eigenvalue weighted by Gasteiger charge is 2.25. The molecule has 1 heterocycles. The Bertz CT molecular complexity index is 525. The Balaban J connectivity index is 1.92. The van der Waals surface area contributed by atoms with Crippen molar-refractivity contribution in [2.75, 3.05) is 18.4 Å². The second-order valence-electron chi connectivity index (χ2n) is 5.06. The van der Waals surface area contributed by atoms with Gasteiger partial charge in [-0.3, -0.25) is 4.79 Å². The minimum Gasteiger partial charge on any atom is -0.369 e. The Kier molecular flexibility index (Phi) is 4.49. The number of carbonyl (C=O) groups is 2. The van der Waals surface area contributed by atoms with E-state index in [4.69, 9.17) is 17.3 Å². The number of hydrogen-bond acceptors (Lipinski definition) is 2. The van der Waals surface area contributed by atoms with Gasteiger partial charge in [-0.25, -0.2) is 4.79 Å². The summed E-state index contributed by atoms with van der Waals surface area (Å²) in [6.07, 6.45) is 1.24. The van der Waals surface area contributed by atoms with E-state index in [0.29, 0.717) is 36.6 Å². The fraction of sp³-hybridized carbons (Fsp3) is 0.429. The van der Waals surface area contributed by atoms with Crippen molar-refractivity contribution < 1.29 is 9.59 Å². The molecule has 2 rings (SSSR count). The van der Waals surface area contributed by atoms with Crippen LogP contribution < -0.4 is 11.1 Å². The third-order valence-electron chi connectivity index (χ3n) is 3.61. The monoisotopic (exact) mass is 295 g/mol. The molecule has 0 atom stereocenters. The molecule has 0 saturated carbocycles. The fourth-order valence-electron chi connectivity index (χ4n) is 2.24. The van der Waals surface area contributed by atoms with Gasteiger partial charge in [0.1, 0.15) is 0 Å². The number of rotatable bonds is 2. The molecular formula is C14H18ClN3O2. The third kappa shape index (κ3) is 3.42. The number of likely N-dealkylation sites (tertiary alicyclic amines) is 1. The number of aryl methyl sites for hydroxylation is 1. The van der Waals surface area contributed by atoms with Gasteiger partial charge in [0.2, 0.25) is 5.91 Å². The molecule has 1 saturated heterocycles. The normalized spacial score (nSPS) is 16.0. The van der Waals surface area contributed by atoms with Crippen LogP contribution in [0.4, 0.5) is 10.5 Å². The number of carbonyl (C=O) groups excluding carboxylic acids is 2. The number of nitrogens with one attached hydrogen (secondary N) is 1. The van der Waals surface area contributed by atoms with E-state index in [1.807, 2.05) is 19.1 Å². The van der Waals surface area contributed by atoms with Crippen LogP contribution >= 0.6 is 11.6 Å². The summed E-state index contributed by atoms with van der Waals surface area (Å²) in [5.41, 5.74) is 6.90. The number of primary amides is 1. The molecule has 1 aliphatic heterocycles. The molecule has 0 aliphatic carbocycles. The molecule has 6 heteroatoms. The van der Waals surface area contributed by atoms with Crippen molar-refractivity contribution >= 4 is 29.2 Å². The number of hydrogen-bond donors (Lipinski definition) is 2. The van der Waals surface area contributed by atoms with Gasteiger partial charge in [0.25, 0.3) is 0 Å². The van der Waals surface area contributed by atoms with Gasteiger partial charge in [-0.05, 0) is 37.5 Å². The molecule has 0 radical (unpaired) electrons. The fourth-order valence-corrected chi connectivity index (χ4v) is 2.42. The van der Waals surface area contributed by atoms with E-state index in [0.717, 1.165) is 5.56 Å². The maximum Gasteiger partial charge on any atom is 0.321 e. The first-order chi connectivity index (χ1) is 9.47. The quantitative estimate of drug-likeness (QED) is 0.879. The number of urea groups is 1. The maximum atomic E-state index is 12.1. The summed E-state index contributed by atoms with van der Waals surface area (Å²) in [5.74, 6) is -0.400. The summed E-state index contributed by atoms with van der Waals surface area (Å²) < 4.78 is 0. The van der Waals surface area contributed by atoms with Crippen molar-refractivity contribution in [1.82, 2.24) is 4.90 Å². The van der Waals surface area contributed by atoms with E-state index in [-0.39, 0.29) is 17.9 Å². The molecule has 0 aromatic heterocycles. The third-order valence-corrected chi connectivity index (χ3v) is 4.01. The number of anilines is 1. The lowest BCUT2D eigenvalue weighted by Crippen LogP contribution is -2.43. The minimum atomic E-state index is -0.282. The lowest BCUT2D eigenvalue weighted by Gasteiger charge is -2.30. The average Bonchev–Trinajstić information content (AvgIpc) is 2.43. The first kappa shape index (κ1) is 14.7. The van der Waals surface area contributed by atoms with E-state index < -0.39 is 0 Å². The van der Waals surface area contributed by atoms with Crippen LogP contribution in [0.3, 0.4) is 0 Å². The summed E-state index contributed by atoms with van der Waals surface area (Å²) in [5, 5.41) is 3.43. The Morgan fingerprint density at radius 1 is 1.35 bits per heavy atom. The standard InChI is InChI=1S/C14H18ClN3O2/c1-9-2-3-11(8-12(9)15)17-14(20)18-6-4-10(5-7-18)13(16)19/h2-3,8,10H,4-7H2,1H3,(H2,16,19)(H,17,20). The van der Waals surface area contributed by atoms with Gasteiger partial charge in [0, 0.05) is 29.7 Å². The lowest BCUT2D eigenvalue weighted by atomic mass is 9.96. The van der Waals surface area contributed by atoms with Crippen LogP contribution in [-0.4, -0.2) is 29.9 Å². The SMILES string of the molecule is Cc1ccc(NC(=O)N2CCC(C(N)=O)CC2)cc1Cl. The summed E-state index contributed by atoms with van der Waals surface area (Å²) in [7, 11) is 0. The predicted octanol–water partition coefficient (Wildman–Crippen LogP) is 2.38. The molecule has 0 unspecified atom stereocenters. The highest BCUT2D eigenvalue weighted by Crippen LogP contribution is 2.21. The zero-order valence-electron chi connectivity index (χ0n) is 11.4. The zero-order chi connectivity index (χ0) is 14.7. The molecule has 3 amide bonds. The van der Waals surface area contributed by atoms with Crippen molar-refractivity contribution in [3.63, 3.8) is 0 Å². The van der Waals surface area contributed by atoms with E-state index in [2.05, 4.69) is 5.32 Å². The second kappa shape index (κ2) is 6.13. The number of nitrogens with zero attached hydrogens (tertiary/aromatic N) is 1. The highest BCUT2D eigenvalue weighted by molar-refractivity contribution is 6.31. The van der Waals surface area contributed by atoms with Gasteiger partial charge < -0.3 is 16.0 Å². The Morgan fingerprint density at radius 2 is 2.00 bits per heavy atom. The van der Waals surface area contributed by atoms with Gasteiger partial charge in [-0.2, -0.15) is 0 Å². The first-order valence-electron chi connectivity index (χ1n) is 6.59. The van der Waals surface area contributed by atoms with Crippen LogP contribution in [0.1, 0.15) is 18.4 Å². The minimum absolute atomic E-state index is 0.118. The molecule has 1 aliphatic rings. The molecular weight excluding hydrogens is 278 g/mol. The summed E-state index contributed by atoms with van der Waals surface area (Å²) in [6, 6.07) is 5.23. The van der Waals surface area contributed by atoms with Gasteiger partial charge >= 0.3 is 6.03 Å². The first-order valence-corrected chi connectivity index (χ1v) is 6.96. The van der Waals surface area contributed by atoms with Crippen molar-refractivity contribution in [3.8, 4) is 0 Å². The van der Waals surface area contributed by atoms with Crippen molar-refractivity contribution in [2.24, 2.45) is 11.7 Å². The number of halogens is 1. The van der Waals surface area contributed by atoms with Crippen LogP contribution in [0, 0.1) is 12.8 Å². The lowest BCUT2D eigenvalue weighted by molar-refractivity contribution is -0.122. The summed E-state index contributed by atoms with van der Waals surface area (Å²) >= 11 is 6.02. The average molecular weight is 296 g/mol. The Hall–Kier alpha value is -1.75. The molecule has 5 nitrogen and oxygen atoms in total. The highest BCUT2D eigenvalue weighted by atomic mass is 35.5. The van der Waals surface area contributed by atoms with Crippen molar-refractivity contribution in [1.29, 1.82) is 0 Å². The van der Waals surface area contributed by atoms with Crippen LogP contribution in [-0.2, 0) is 4.79 Å². The van der Waals surface area contributed by atoms with Crippen LogP contribution in [0.5, 0.6) is 0 Å². The van der Waals surface area contributed by atoms with Gasteiger partial charge in [-0.1, -0.05) is 17.7 Å². The molecule has 3 N–H and O–H groups in total. The van der Waals surface area contributed by atoms with E-state index in [1.54, 1.807) is 11.0 Å². The van der Waals surface area contributed by atoms with Crippen LogP contribution in [0.15, 0.2) is 18.2 Å². The molecule has 0 spiro atoms. The maximum absolute atomic E-state index is 12.1. The topological polar surface area (TPSA) is 75.4 Å². The summed E-state index contributed by atoms with van der Waals surface area (Å²) in [4.78, 5) is 24.9. The van der Waals surface area contributed by atoms with Gasteiger partial charge in [-0.15, -0.1) is 0 Å². The van der Waals surface area contributed by atoms with Crippen LogP contribution in [0.2, 0.25) is 5.02 Å². The van der Waals surface area contributed by atoms with Gasteiger partial charge in [0.05, 0.1) is 0 Å². The molecule has 1 fully saturated rings. The van der Waals surface area contributed by atoms with Crippen molar-refractivity contribution in [2.45, 2.75) is 19.8 Å². The summed E-state index contributed by atoms with van der Waals surface area (Å²) in [6.45, 7) is 2.99. The van der Waals surface area contributed by atoms with Crippen molar-refractivity contribution in [3.05, 3.63) is 28.8 Å². The number of amides is 3. The predicted molar refractivity (Wildman–Crippen MR) is 78.7 cm³/mol. The Morgan fingerprint density at radius 3 is 2.55 bits per heavy atom. The molecule has 1 aromatic carbocycles. The smallest absolute Gasteiger partial charge is 0.321 e. The Labute approximate surface area is 123 Å². The number of piperidine rings is 1.